The molecule has 1 unspecified atom stereocenters. The molecule has 0 aliphatic carbocycles. The second-order valence-electron chi connectivity index (χ2n) is 7.58. The molecule has 1 aromatic heterocycles. The van der Waals surface area contributed by atoms with E-state index < -0.39 is 17.7 Å². The van der Waals surface area contributed by atoms with Crippen molar-refractivity contribution in [1.82, 2.24) is 14.5 Å². The van der Waals surface area contributed by atoms with Crippen molar-refractivity contribution >= 4 is 33.4 Å². The molecule has 0 bridgehead atoms. The summed E-state index contributed by atoms with van der Waals surface area (Å²) in [6.07, 6.45) is 5.76. The molecule has 1 aliphatic heterocycles. The number of phenolic OH excluding ortho intramolecular Hbond substituents is 1. The predicted octanol–water partition coefficient (Wildman–Crippen LogP) is 3.87. The molecule has 0 saturated carbocycles. The molecule has 8 nitrogen and oxygen atoms in total. The van der Waals surface area contributed by atoms with Crippen LogP contribution >= 0.6 is 15.9 Å². The van der Waals surface area contributed by atoms with E-state index in [1.165, 1.54) is 18.1 Å². The smallest absolute Gasteiger partial charge is 0.295 e. The number of aliphatic hydroxyl groups is 1. The summed E-state index contributed by atoms with van der Waals surface area (Å²) in [5.41, 5.74) is 0.966. The molecular formula is C24H22BrN3O5. The minimum Gasteiger partial charge on any atom is -0.507 e. The number of likely N-dealkylation sites (tertiary alicyclic amines) is 1. The Labute approximate surface area is 198 Å². The minimum absolute atomic E-state index is 0.00213. The van der Waals surface area contributed by atoms with Crippen molar-refractivity contribution in [2.24, 2.45) is 0 Å². The van der Waals surface area contributed by atoms with E-state index in [0.717, 1.165) is 4.47 Å². The first kappa shape index (κ1) is 22.6. The molecule has 2 aromatic carbocycles. The van der Waals surface area contributed by atoms with Gasteiger partial charge in [0.25, 0.3) is 11.7 Å². The maximum atomic E-state index is 13.1. The lowest BCUT2D eigenvalue weighted by Crippen LogP contribution is -2.31. The predicted molar refractivity (Wildman–Crippen MR) is 125 cm³/mol. The van der Waals surface area contributed by atoms with E-state index in [4.69, 9.17) is 4.74 Å². The van der Waals surface area contributed by atoms with E-state index in [2.05, 4.69) is 20.9 Å². The zero-order valence-electron chi connectivity index (χ0n) is 17.8. The number of ketones is 1. The van der Waals surface area contributed by atoms with Crippen LogP contribution in [0.2, 0.25) is 0 Å². The van der Waals surface area contributed by atoms with Gasteiger partial charge >= 0.3 is 0 Å². The number of nitrogens with zero attached hydrogens (tertiary/aromatic N) is 3. The Morgan fingerprint density at radius 3 is 2.58 bits per heavy atom. The number of ether oxygens (including phenoxy) is 1. The third-order valence-corrected chi connectivity index (χ3v) is 6.08. The van der Waals surface area contributed by atoms with Crippen LogP contribution in [0, 0.1) is 0 Å². The number of methoxy groups -OCH3 is 1. The van der Waals surface area contributed by atoms with E-state index in [-0.39, 0.29) is 29.4 Å². The zero-order chi connectivity index (χ0) is 23.5. The monoisotopic (exact) mass is 511 g/mol. The number of aryl methyl sites for hydroxylation is 1. The van der Waals surface area contributed by atoms with Crippen LogP contribution in [0.5, 0.6) is 11.5 Å². The highest BCUT2D eigenvalue weighted by atomic mass is 79.9. The highest BCUT2D eigenvalue weighted by molar-refractivity contribution is 9.10. The summed E-state index contributed by atoms with van der Waals surface area (Å²) in [5, 5.41) is 21.1. The van der Waals surface area contributed by atoms with Crippen LogP contribution in [0.1, 0.15) is 23.6 Å². The van der Waals surface area contributed by atoms with Crippen LogP contribution in [-0.4, -0.2) is 50.0 Å². The lowest BCUT2D eigenvalue weighted by molar-refractivity contribution is -0.139. The first-order valence-electron chi connectivity index (χ1n) is 10.3. The molecule has 1 saturated heterocycles. The lowest BCUT2D eigenvalue weighted by Gasteiger charge is -2.26. The van der Waals surface area contributed by atoms with Gasteiger partial charge in [-0.25, -0.2) is 4.98 Å². The molecule has 0 spiro atoms. The summed E-state index contributed by atoms with van der Waals surface area (Å²) in [4.78, 5) is 31.6. The molecule has 1 atom stereocenters. The van der Waals surface area contributed by atoms with E-state index in [1.54, 1.807) is 48.9 Å². The van der Waals surface area contributed by atoms with Crippen molar-refractivity contribution in [3.05, 3.63) is 82.4 Å². The molecule has 9 heteroatoms. The molecule has 2 heterocycles. The summed E-state index contributed by atoms with van der Waals surface area (Å²) in [7, 11) is 1.42. The zero-order valence-corrected chi connectivity index (χ0v) is 19.4. The van der Waals surface area contributed by atoms with Crippen molar-refractivity contribution < 1.29 is 24.5 Å². The van der Waals surface area contributed by atoms with Gasteiger partial charge in [0.15, 0.2) is 11.5 Å². The van der Waals surface area contributed by atoms with E-state index in [0.29, 0.717) is 24.1 Å². The molecule has 170 valence electrons. The van der Waals surface area contributed by atoms with Crippen LogP contribution in [0.25, 0.3) is 5.76 Å². The topological polar surface area (TPSA) is 105 Å². The van der Waals surface area contributed by atoms with Crippen LogP contribution in [0.4, 0.5) is 0 Å². The van der Waals surface area contributed by atoms with Crippen LogP contribution in [0.15, 0.2) is 71.2 Å². The second-order valence-corrected chi connectivity index (χ2v) is 8.50. The van der Waals surface area contributed by atoms with Crippen molar-refractivity contribution in [2.75, 3.05) is 13.7 Å². The quantitative estimate of drug-likeness (QED) is 0.283. The molecule has 33 heavy (non-hydrogen) atoms. The Balaban J connectivity index is 1.76. The molecular weight excluding hydrogens is 490 g/mol. The minimum atomic E-state index is -0.828. The molecule has 1 fully saturated rings. The van der Waals surface area contributed by atoms with Crippen molar-refractivity contribution in [3.8, 4) is 11.5 Å². The number of phenols is 1. The van der Waals surface area contributed by atoms with E-state index in [9.17, 15) is 19.8 Å². The van der Waals surface area contributed by atoms with Crippen molar-refractivity contribution in [1.29, 1.82) is 0 Å². The molecule has 0 radical (unpaired) electrons. The second kappa shape index (κ2) is 9.50. The van der Waals surface area contributed by atoms with Crippen molar-refractivity contribution in [3.63, 3.8) is 0 Å². The normalized spacial score (nSPS) is 17.5. The van der Waals surface area contributed by atoms with Gasteiger partial charge in [-0.15, -0.1) is 0 Å². The number of carbonyl (C=O) groups excluding carboxylic acids is 2. The fraction of sp³-hybridized carbons (Fsp3) is 0.208. The van der Waals surface area contributed by atoms with Gasteiger partial charge in [0.05, 0.1) is 25.1 Å². The summed E-state index contributed by atoms with van der Waals surface area (Å²) in [6, 6.07) is 10.6. The largest absolute Gasteiger partial charge is 0.507 e. The number of Topliss-reactive ketones (excluding diaryl/α,β-unsaturated/α-hetero) is 1. The van der Waals surface area contributed by atoms with Gasteiger partial charge in [-0.05, 0) is 36.2 Å². The number of hydrogen-bond donors (Lipinski definition) is 2. The third-order valence-electron chi connectivity index (χ3n) is 5.55. The number of aliphatic hydroxyl groups excluding tert-OH is 1. The fourth-order valence-electron chi connectivity index (χ4n) is 3.93. The molecule has 3 aromatic rings. The molecule has 1 aliphatic rings. The Hall–Kier alpha value is -3.59. The Bertz CT molecular complexity index is 1210. The van der Waals surface area contributed by atoms with Gasteiger partial charge in [-0.3, -0.25) is 9.59 Å². The van der Waals surface area contributed by atoms with Gasteiger partial charge in [0.2, 0.25) is 0 Å². The Morgan fingerprint density at radius 2 is 1.91 bits per heavy atom. The average molecular weight is 512 g/mol. The maximum Gasteiger partial charge on any atom is 0.295 e. The Morgan fingerprint density at radius 1 is 1.15 bits per heavy atom. The summed E-state index contributed by atoms with van der Waals surface area (Å²) in [5.74, 6) is -1.55. The fourth-order valence-corrected chi connectivity index (χ4v) is 4.19. The number of rotatable bonds is 7. The molecule has 4 rings (SSSR count). The highest BCUT2D eigenvalue weighted by Gasteiger charge is 2.46. The number of hydrogen-bond acceptors (Lipinski definition) is 6. The number of imidazole rings is 1. The van der Waals surface area contributed by atoms with Crippen LogP contribution in [-0.2, 0) is 16.1 Å². The van der Waals surface area contributed by atoms with Gasteiger partial charge in [-0.2, -0.15) is 0 Å². The van der Waals surface area contributed by atoms with Crippen LogP contribution in [0.3, 0.4) is 0 Å². The first-order chi connectivity index (χ1) is 15.9. The maximum absolute atomic E-state index is 13.1. The molecule has 2 N–H and O–H groups in total. The average Bonchev–Trinajstić information content (AvgIpc) is 3.42. The van der Waals surface area contributed by atoms with Crippen LogP contribution < -0.4 is 4.74 Å². The van der Waals surface area contributed by atoms with Crippen molar-refractivity contribution in [2.45, 2.75) is 19.0 Å². The SMILES string of the molecule is COc1cc(C2/C(=C(\O)c3ccc(Br)cc3)C(=O)C(=O)N2CCCn2ccnc2)ccc1O. The van der Waals surface area contributed by atoms with Gasteiger partial charge in [0.1, 0.15) is 5.76 Å². The number of halogens is 1. The number of aromatic hydroxyl groups is 1. The van der Waals surface area contributed by atoms with E-state index >= 15 is 0 Å². The summed E-state index contributed by atoms with van der Waals surface area (Å²) < 4.78 is 7.93. The number of carbonyl (C=O) groups is 2. The number of benzene rings is 2. The Kier molecular flexibility index (Phi) is 6.50. The van der Waals surface area contributed by atoms with Gasteiger partial charge < -0.3 is 24.4 Å². The summed E-state index contributed by atoms with van der Waals surface area (Å²) in [6.45, 7) is 0.898. The highest BCUT2D eigenvalue weighted by Crippen LogP contribution is 2.41. The lowest BCUT2D eigenvalue weighted by atomic mass is 9.95. The van der Waals surface area contributed by atoms with Gasteiger partial charge in [0, 0.05) is 35.5 Å². The third kappa shape index (κ3) is 4.49. The molecule has 1 amide bonds. The number of aromatic nitrogens is 2. The first-order valence-corrected chi connectivity index (χ1v) is 11.1. The standard InChI is InChI=1S/C24H22BrN3O5/c1-33-19-13-16(5-8-18(19)29)21-20(22(30)15-3-6-17(25)7-4-15)23(31)24(32)28(21)11-2-10-27-12-9-26-14-27/h3-9,12-14,21,29-30H,2,10-11H2,1H3/b22-20+. The van der Waals surface area contributed by atoms with E-state index in [1.807, 2.05) is 10.8 Å². The van der Waals surface area contributed by atoms with Gasteiger partial charge in [-0.1, -0.05) is 34.1 Å². The number of amides is 1. The summed E-state index contributed by atoms with van der Waals surface area (Å²) >= 11 is 3.35.